The summed E-state index contributed by atoms with van der Waals surface area (Å²) in [6.45, 7) is 12.9. The molecule has 4 rings (SSSR count). The number of benzene rings is 1. The normalized spacial score (nSPS) is 29.2. The van der Waals surface area contributed by atoms with Gasteiger partial charge in [0.1, 0.15) is 0 Å². The Kier molecular flexibility index (Phi) is 17.3. The molecule has 1 heterocycles. The van der Waals surface area contributed by atoms with Gasteiger partial charge in [-0.05, 0) is 53.3 Å². The first-order valence-electron chi connectivity index (χ1n) is 14.2. The summed E-state index contributed by atoms with van der Waals surface area (Å²) in [4.78, 5) is 2.27. The fourth-order valence-corrected chi connectivity index (χ4v) is 6.44. The van der Waals surface area contributed by atoms with Crippen LogP contribution in [0.4, 0.5) is 0 Å². The zero-order valence-corrected chi connectivity index (χ0v) is 27.0. The molecule has 0 unspecified atom stereocenters. The SMILES string of the molecule is CC1C(C)C(C)C(C)C1C.[CH3-].[Cl][Ti][Cl].[N-]=C1c2ccccc2CN1C1CCCCCCCCCCC1. The summed E-state index contributed by atoms with van der Waals surface area (Å²) in [5, 5.41) is 10.6. The Morgan fingerprint density at radius 3 is 1.44 bits per heavy atom. The van der Waals surface area contributed by atoms with Gasteiger partial charge in [0, 0.05) is 0 Å². The third kappa shape index (κ3) is 9.94. The van der Waals surface area contributed by atoms with Crippen LogP contribution in [0.2, 0.25) is 0 Å². The van der Waals surface area contributed by atoms with Gasteiger partial charge in [-0.25, -0.2) is 0 Å². The van der Waals surface area contributed by atoms with Crippen LogP contribution in [0, 0.1) is 37.0 Å². The van der Waals surface area contributed by atoms with Crippen molar-refractivity contribution in [3.63, 3.8) is 0 Å². The van der Waals surface area contributed by atoms with Gasteiger partial charge in [0.2, 0.25) is 0 Å². The van der Waals surface area contributed by atoms with Gasteiger partial charge in [0.15, 0.2) is 0 Å². The molecule has 1 aromatic carbocycles. The number of fused-ring (bicyclic) bond motifs is 1. The third-order valence-corrected chi connectivity index (χ3v) is 9.53. The molecule has 206 valence electrons. The molecule has 0 N–H and O–H groups in total. The minimum Gasteiger partial charge on any atom is -0.464 e. The summed E-state index contributed by atoms with van der Waals surface area (Å²) in [6.07, 6.45) is 14.8. The Morgan fingerprint density at radius 2 is 1.06 bits per heavy atom. The molecule has 1 aliphatic heterocycles. The zero-order valence-electron chi connectivity index (χ0n) is 23.9. The number of halogens is 2. The van der Waals surface area contributed by atoms with Gasteiger partial charge in [0.25, 0.3) is 0 Å². The quantitative estimate of drug-likeness (QED) is 0.243. The first-order valence-corrected chi connectivity index (χ1v) is 18.5. The summed E-state index contributed by atoms with van der Waals surface area (Å²) >= 11 is -0.556. The van der Waals surface area contributed by atoms with Crippen molar-refractivity contribution < 1.29 is 17.0 Å². The molecule has 0 amide bonds. The predicted octanol–water partition coefficient (Wildman–Crippen LogP) is 10.5. The number of hydrogen-bond donors (Lipinski definition) is 0. The van der Waals surface area contributed by atoms with Gasteiger partial charge in [-0.15, -0.1) is 0 Å². The van der Waals surface area contributed by atoms with Crippen LogP contribution in [0.3, 0.4) is 0 Å². The van der Waals surface area contributed by atoms with Gasteiger partial charge >= 0.3 is 35.6 Å². The third-order valence-electron chi connectivity index (χ3n) is 9.53. The van der Waals surface area contributed by atoms with Gasteiger partial charge < -0.3 is 17.7 Å². The molecule has 2 saturated carbocycles. The first-order chi connectivity index (χ1) is 16.8. The monoisotopic (exact) mass is 570 g/mol. The molecule has 5 heteroatoms. The molecule has 2 fully saturated rings. The standard InChI is InChI=1S/C20H29N2.C10H20.CH3.2ClH.Ti/c21-20-19-15-11-10-12-17(19)16-22(20)18-13-8-6-4-2-1-3-5-7-9-14-18;1-6-7(2)9(4)10(5)8(6)3;;;;/h10-12,15,18H,1-9,13-14,16H2;6-10H,1-5H3;1H3;2*1H;/q-1;;-1;;;+2/p-2. The van der Waals surface area contributed by atoms with Gasteiger partial charge in [0.05, 0.1) is 0 Å². The molecule has 2 aliphatic carbocycles. The molecule has 0 radical (unpaired) electrons. The minimum atomic E-state index is -0.556. The maximum atomic E-state index is 10.6. The Bertz CT molecular complexity index is 686. The van der Waals surface area contributed by atoms with Crippen LogP contribution in [0.25, 0.3) is 5.41 Å². The van der Waals surface area contributed by atoms with E-state index in [2.05, 4.69) is 57.7 Å². The second kappa shape index (κ2) is 18.3. The summed E-state index contributed by atoms with van der Waals surface area (Å²) in [6, 6.07) is 8.84. The van der Waals surface area contributed by atoms with E-state index >= 15 is 0 Å². The summed E-state index contributed by atoms with van der Waals surface area (Å²) in [5.41, 5.74) is 2.33. The Labute approximate surface area is 240 Å². The molecular formula is C31H52Cl2N2Ti-2. The van der Waals surface area contributed by atoms with E-state index in [-0.39, 0.29) is 7.43 Å². The van der Waals surface area contributed by atoms with E-state index in [1.165, 1.54) is 76.2 Å². The van der Waals surface area contributed by atoms with Crippen LogP contribution in [0.15, 0.2) is 24.3 Å². The number of nitrogens with zero attached hydrogens (tertiary/aromatic N) is 2. The Hall–Kier alpha value is -0.0157. The molecule has 0 spiro atoms. The number of amidine groups is 1. The van der Waals surface area contributed by atoms with Crippen molar-refractivity contribution >= 4 is 24.4 Å². The Morgan fingerprint density at radius 1 is 0.694 bits per heavy atom. The molecule has 0 atom stereocenters. The summed E-state index contributed by atoms with van der Waals surface area (Å²) < 4.78 is 0. The topological polar surface area (TPSA) is 25.5 Å². The molecule has 3 aliphatic rings. The number of hydrogen-bond acceptors (Lipinski definition) is 0. The summed E-state index contributed by atoms with van der Waals surface area (Å²) in [5.74, 6) is 5.20. The Balaban J connectivity index is 0.000000389. The van der Waals surface area contributed by atoms with Gasteiger partial charge in [-0.3, -0.25) is 0 Å². The molecule has 1 aromatic rings. The van der Waals surface area contributed by atoms with Crippen LogP contribution in [0.1, 0.15) is 116 Å². The maximum absolute atomic E-state index is 10.6. The fourth-order valence-electron chi connectivity index (χ4n) is 6.44. The van der Waals surface area contributed by atoms with Crippen molar-refractivity contribution in [2.24, 2.45) is 29.6 Å². The largest absolute Gasteiger partial charge is 0.464 e. The molecule has 0 bridgehead atoms. The molecule has 36 heavy (non-hydrogen) atoms. The van der Waals surface area contributed by atoms with Crippen molar-refractivity contribution in [3.8, 4) is 0 Å². The number of rotatable bonds is 1. The molecule has 0 saturated heterocycles. The van der Waals surface area contributed by atoms with Crippen molar-refractivity contribution in [1.29, 1.82) is 0 Å². The van der Waals surface area contributed by atoms with Gasteiger partial charge in [-0.1, -0.05) is 135 Å². The van der Waals surface area contributed by atoms with Crippen LogP contribution < -0.4 is 0 Å². The van der Waals surface area contributed by atoms with E-state index in [0.29, 0.717) is 11.9 Å². The second-order valence-corrected chi connectivity index (χ2v) is 14.0. The van der Waals surface area contributed by atoms with E-state index < -0.39 is 17.0 Å². The smallest absolute Gasteiger partial charge is 0.0235 e. The first kappa shape index (κ1) is 34.0. The molecule has 2 nitrogen and oxygen atoms in total. The van der Waals surface area contributed by atoms with Crippen molar-refractivity contribution in [2.45, 2.75) is 118 Å². The van der Waals surface area contributed by atoms with Gasteiger partial charge in [-0.2, -0.15) is 0 Å². The van der Waals surface area contributed by atoms with E-state index in [4.69, 9.17) is 18.6 Å². The van der Waals surface area contributed by atoms with Crippen LogP contribution in [-0.2, 0) is 23.6 Å². The predicted molar refractivity (Wildman–Crippen MR) is 158 cm³/mol. The fraction of sp³-hybridized carbons (Fsp3) is 0.742. The maximum Gasteiger partial charge on any atom is -0.0235 e. The van der Waals surface area contributed by atoms with Crippen LogP contribution in [0.5, 0.6) is 0 Å². The average Bonchev–Trinajstić information content (AvgIpc) is 3.26. The van der Waals surface area contributed by atoms with Crippen LogP contribution >= 0.6 is 18.6 Å². The van der Waals surface area contributed by atoms with E-state index in [0.717, 1.165) is 41.7 Å². The average molecular weight is 572 g/mol. The van der Waals surface area contributed by atoms with E-state index in [9.17, 15) is 5.41 Å². The molecule has 0 aromatic heterocycles. The van der Waals surface area contributed by atoms with Crippen molar-refractivity contribution in [1.82, 2.24) is 4.90 Å². The van der Waals surface area contributed by atoms with Crippen LogP contribution in [-0.4, -0.2) is 16.8 Å². The molecular weight excluding hydrogens is 519 g/mol. The van der Waals surface area contributed by atoms with E-state index in [1.54, 1.807) is 0 Å². The van der Waals surface area contributed by atoms with Crippen molar-refractivity contribution in [3.05, 3.63) is 48.2 Å². The second-order valence-electron chi connectivity index (χ2n) is 11.4. The minimum absolute atomic E-state index is 0. The van der Waals surface area contributed by atoms with Crippen molar-refractivity contribution in [2.75, 3.05) is 0 Å². The summed E-state index contributed by atoms with van der Waals surface area (Å²) in [7, 11) is 9.78. The zero-order chi connectivity index (χ0) is 25.8. The van der Waals surface area contributed by atoms with E-state index in [1.807, 2.05) is 6.07 Å².